The summed E-state index contributed by atoms with van der Waals surface area (Å²) < 4.78 is 26.4. The molecule has 2 aromatic carbocycles. The van der Waals surface area contributed by atoms with Gasteiger partial charge in [0.05, 0.1) is 5.69 Å². The van der Waals surface area contributed by atoms with E-state index in [1.54, 1.807) is 0 Å². The molecular formula is C19H20F2N2O2. The normalized spacial score (nSPS) is 10.6. The third-order valence-electron chi connectivity index (χ3n) is 3.72. The van der Waals surface area contributed by atoms with Crippen LogP contribution in [0.3, 0.4) is 0 Å². The van der Waals surface area contributed by atoms with E-state index in [1.807, 2.05) is 39.0 Å². The lowest BCUT2D eigenvalue weighted by Gasteiger charge is -2.16. The molecule has 0 aliphatic heterocycles. The van der Waals surface area contributed by atoms with Crippen LogP contribution in [0.5, 0.6) is 0 Å². The van der Waals surface area contributed by atoms with Crippen molar-refractivity contribution in [3.8, 4) is 0 Å². The van der Waals surface area contributed by atoms with Gasteiger partial charge in [0.15, 0.2) is 0 Å². The molecule has 0 saturated heterocycles. The average Bonchev–Trinajstić information content (AvgIpc) is 2.51. The Bertz CT molecular complexity index is 804. The summed E-state index contributed by atoms with van der Waals surface area (Å²) in [5, 5.41) is 5.01. The number of carbonyl (C=O) groups is 2. The molecule has 0 bridgehead atoms. The van der Waals surface area contributed by atoms with Crippen molar-refractivity contribution < 1.29 is 18.4 Å². The predicted molar refractivity (Wildman–Crippen MR) is 93.5 cm³/mol. The van der Waals surface area contributed by atoms with Crippen molar-refractivity contribution in [2.75, 3.05) is 10.6 Å². The van der Waals surface area contributed by atoms with Crippen LogP contribution in [0.2, 0.25) is 0 Å². The molecule has 0 aromatic heterocycles. The van der Waals surface area contributed by atoms with E-state index in [9.17, 15) is 18.4 Å². The summed E-state index contributed by atoms with van der Waals surface area (Å²) in [5.41, 5.74) is 2.38. The number of carbonyl (C=O) groups excluding carboxylic acids is 2. The first-order valence-electron chi connectivity index (χ1n) is 7.92. The van der Waals surface area contributed by atoms with E-state index in [1.165, 1.54) is 0 Å². The highest BCUT2D eigenvalue weighted by Gasteiger charge is 2.16. The standard InChI is InChI=1S/C19H20F2N2O2/c1-11(2)14-6-4-5-12(3)19(14)23-18(25)10-17(24)22-16-8-7-13(20)9-15(16)21/h4-9,11H,10H2,1-3H3,(H,22,24)(H,23,25). The number of halogens is 2. The van der Waals surface area contributed by atoms with Crippen LogP contribution >= 0.6 is 0 Å². The lowest BCUT2D eigenvalue weighted by Crippen LogP contribution is -2.22. The summed E-state index contributed by atoms with van der Waals surface area (Å²) in [6, 6.07) is 8.50. The van der Waals surface area contributed by atoms with Crippen LogP contribution in [0.4, 0.5) is 20.2 Å². The van der Waals surface area contributed by atoms with Crippen molar-refractivity contribution in [3.05, 3.63) is 59.2 Å². The predicted octanol–water partition coefficient (Wildman–Crippen LogP) is 4.36. The SMILES string of the molecule is Cc1cccc(C(C)C)c1NC(=O)CC(=O)Nc1ccc(F)cc1F. The van der Waals surface area contributed by atoms with Gasteiger partial charge >= 0.3 is 0 Å². The number of hydrogen-bond donors (Lipinski definition) is 2. The molecule has 0 spiro atoms. The zero-order valence-corrected chi connectivity index (χ0v) is 14.3. The van der Waals surface area contributed by atoms with Gasteiger partial charge in [0, 0.05) is 11.8 Å². The van der Waals surface area contributed by atoms with Crippen molar-refractivity contribution in [2.24, 2.45) is 0 Å². The zero-order chi connectivity index (χ0) is 18.6. The number of anilines is 2. The van der Waals surface area contributed by atoms with E-state index in [0.717, 1.165) is 23.3 Å². The smallest absolute Gasteiger partial charge is 0.233 e. The van der Waals surface area contributed by atoms with E-state index in [-0.39, 0.29) is 11.6 Å². The summed E-state index contributed by atoms with van der Waals surface area (Å²) in [7, 11) is 0. The highest BCUT2D eigenvalue weighted by molar-refractivity contribution is 6.08. The first kappa shape index (κ1) is 18.6. The molecule has 0 aliphatic rings. The summed E-state index contributed by atoms with van der Waals surface area (Å²) in [6.07, 6.45) is -0.470. The monoisotopic (exact) mass is 346 g/mol. The lowest BCUT2D eigenvalue weighted by atomic mass is 9.98. The molecule has 2 rings (SSSR count). The molecule has 132 valence electrons. The topological polar surface area (TPSA) is 58.2 Å². The first-order chi connectivity index (χ1) is 11.8. The van der Waals surface area contributed by atoms with E-state index in [4.69, 9.17) is 0 Å². The second-order valence-electron chi connectivity index (χ2n) is 6.09. The minimum absolute atomic E-state index is 0.169. The molecule has 2 N–H and O–H groups in total. The van der Waals surface area contributed by atoms with E-state index < -0.39 is 29.9 Å². The van der Waals surface area contributed by atoms with Crippen molar-refractivity contribution in [1.29, 1.82) is 0 Å². The van der Waals surface area contributed by atoms with Crippen LogP contribution in [0.15, 0.2) is 36.4 Å². The maximum atomic E-state index is 13.5. The Morgan fingerprint density at radius 1 is 1.04 bits per heavy atom. The van der Waals surface area contributed by atoms with Crippen LogP contribution in [0, 0.1) is 18.6 Å². The van der Waals surface area contributed by atoms with Gasteiger partial charge in [-0.3, -0.25) is 9.59 Å². The number of hydrogen-bond acceptors (Lipinski definition) is 2. The van der Waals surface area contributed by atoms with Gasteiger partial charge in [-0.1, -0.05) is 32.0 Å². The molecule has 2 aromatic rings. The molecular weight excluding hydrogens is 326 g/mol. The summed E-state index contributed by atoms with van der Waals surface area (Å²) in [6.45, 7) is 5.89. The Labute approximate surface area is 145 Å². The van der Waals surface area contributed by atoms with Gasteiger partial charge in [-0.05, 0) is 36.1 Å². The number of aryl methyl sites for hydroxylation is 1. The molecule has 4 nitrogen and oxygen atoms in total. The largest absolute Gasteiger partial charge is 0.325 e. The van der Waals surface area contributed by atoms with Gasteiger partial charge in [0.1, 0.15) is 18.1 Å². The van der Waals surface area contributed by atoms with E-state index in [2.05, 4.69) is 10.6 Å². The van der Waals surface area contributed by atoms with Crippen LogP contribution in [0.1, 0.15) is 37.3 Å². The summed E-state index contributed by atoms with van der Waals surface area (Å²) in [4.78, 5) is 24.1. The minimum atomic E-state index is -0.894. The van der Waals surface area contributed by atoms with Gasteiger partial charge in [0.25, 0.3) is 0 Å². The molecule has 0 unspecified atom stereocenters. The van der Waals surface area contributed by atoms with Gasteiger partial charge in [-0.2, -0.15) is 0 Å². The van der Waals surface area contributed by atoms with Crippen LogP contribution in [0.25, 0.3) is 0 Å². The third kappa shape index (κ3) is 4.86. The highest BCUT2D eigenvalue weighted by Crippen LogP contribution is 2.27. The zero-order valence-electron chi connectivity index (χ0n) is 14.3. The average molecular weight is 346 g/mol. The molecule has 0 fully saturated rings. The van der Waals surface area contributed by atoms with Crippen molar-refractivity contribution in [2.45, 2.75) is 33.1 Å². The van der Waals surface area contributed by atoms with Gasteiger partial charge in [-0.15, -0.1) is 0 Å². The van der Waals surface area contributed by atoms with Crippen molar-refractivity contribution in [3.63, 3.8) is 0 Å². The molecule has 0 atom stereocenters. The minimum Gasteiger partial charge on any atom is -0.325 e. The fourth-order valence-electron chi connectivity index (χ4n) is 2.46. The van der Waals surface area contributed by atoms with Crippen LogP contribution in [-0.4, -0.2) is 11.8 Å². The van der Waals surface area contributed by atoms with Crippen LogP contribution in [-0.2, 0) is 9.59 Å². The molecule has 25 heavy (non-hydrogen) atoms. The molecule has 0 saturated carbocycles. The Balaban J connectivity index is 2.04. The fraction of sp³-hybridized carbons (Fsp3) is 0.263. The Morgan fingerprint density at radius 2 is 1.72 bits per heavy atom. The lowest BCUT2D eigenvalue weighted by molar-refractivity contribution is -0.123. The maximum absolute atomic E-state index is 13.5. The Morgan fingerprint density at radius 3 is 2.36 bits per heavy atom. The number of nitrogens with one attached hydrogen (secondary N) is 2. The summed E-state index contributed by atoms with van der Waals surface area (Å²) >= 11 is 0. The molecule has 6 heteroatoms. The molecule has 0 aliphatic carbocycles. The van der Waals surface area contributed by atoms with Gasteiger partial charge < -0.3 is 10.6 Å². The number of rotatable bonds is 5. The second kappa shape index (κ2) is 7.88. The van der Waals surface area contributed by atoms with Crippen molar-refractivity contribution >= 4 is 23.2 Å². The number of para-hydroxylation sites is 1. The van der Waals surface area contributed by atoms with E-state index >= 15 is 0 Å². The molecule has 0 heterocycles. The van der Waals surface area contributed by atoms with Gasteiger partial charge in [0.2, 0.25) is 11.8 Å². The number of amides is 2. The fourth-order valence-corrected chi connectivity index (χ4v) is 2.46. The number of benzene rings is 2. The highest BCUT2D eigenvalue weighted by atomic mass is 19.1. The first-order valence-corrected chi connectivity index (χ1v) is 7.92. The van der Waals surface area contributed by atoms with E-state index in [0.29, 0.717) is 11.8 Å². The Kier molecular flexibility index (Phi) is 5.85. The van der Waals surface area contributed by atoms with Crippen molar-refractivity contribution in [1.82, 2.24) is 0 Å². The summed E-state index contributed by atoms with van der Waals surface area (Å²) in [5.74, 6) is -2.61. The maximum Gasteiger partial charge on any atom is 0.233 e. The van der Waals surface area contributed by atoms with Gasteiger partial charge in [-0.25, -0.2) is 8.78 Å². The quantitative estimate of drug-likeness (QED) is 0.790. The van der Waals surface area contributed by atoms with Crippen LogP contribution < -0.4 is 10.6 Å². The third-order valence-corrected chi connectivity index (χ3v) is 3.72. The molecule has 2 amide bonds. The molecule has 0 radical (unpaired) electrons. The Hall–Kier alpha value is -2.76. The second-order valence-corrected chi connectivity index (χ2v) is 6.09.